The number of fused-ring (bicyclic) bond motifs is 4. The van der Waals surface area contributed by atoms with E-state index in [1.165, 1.54) is 12.0 Å². The van der Waals surface area contributed by atoms with E-state index in [0.717, 1.165) is 61.8 Å². The van der Waals surface area contributed by atoms with Crippen LogP contribution in [0.3, 0.4) is 0 Å². The molecule has 1 saturated carbocycles. The molecular weight excluding hydrogens is 440 g/mol. The lowest BCUT2D eigenvalue weighted by atomic mass is 9.62. The first-order valence-corrected chi connectivity index (χ1v) is 13.3. The van der Waals surface area contributed by atoms with Crippen molar-refractivity contribution in [3.8, 4) is 11.3 Å². The molecule has 1 aromatic heterocycles. The van der Waals surface area contributed by atoms with Crippen LogP contribution in [0.1, 0.15) is 95.7 Å². The number of ether oxygens (including phenoxy) is 1. The maximum absolute atomic E-state index is 14.5. The van der Waals surface area contributed by atoms with Gasteiger partial charge in [-0.1, -0.05) is 50.5 Å². The summed E-state index contributed by atoms with van der Waals surface area (Å²) in [5.74, 6) is 0.311. The van der Waals surface area contributed by atoms with Gasteiger partial charge in [-0.2, -0.15) is 0 Å². The summed E-state index contributed by atoms with van der Waals surface area (Å²) >= 11 is 0. The average molecular weight is 479 g/mol. The Morgan fingerprint density at radius 3 is 2.71 bits per heavy atom. The Bertz CT molecular complexity index is 1160. The minimum absolute atomic E-state index is 0.0429. The predicted octanol–water partition coefficient (Wildman–Crippen LogP) is 5.04. The highest BCUT2D eigenvalue weighted by molar-refractivity contribution is 5.77. The van der Waals surface area contributed by atoms with Crippen LogP contribution in [0.25, 0.3) is 11.3 Å². The molecule has 7 nitrogen and oxygen atoms in total. The molecule has 5 rings (SSSR count). The summed E-state index contributed by atoms with van der Waals surface area (Å²) in [4.78, 5) is 32.0. The van der Waals surface area contributed by atoms with Crippen molar-refractivity contribution >= 4 is 11.9 Å². The second-order valence-electron chi connectivity index (χ2n) is 11.2. The number of carbonyl (C=O) groups excluding carboxylic acids is 1. The fourth-order valence-electron chi connectivity index (χ4n) is 6.48. The molecule has 1 aliphatic heterocycles. The molecule has 2 fully saturated rings. The number of rotatable bonds is 5. The first-order chi connectivity index (χ1) is 16.8. The zero-order valence-corrected chi connectivity index (χ0v) is 21.3. The molecule has 7 heteroatoms. The molecular formula is C28H38N4O3. The van der Waals surface area contributed by atoms with Gasteiger partial charge in [-0.3, -0.25) is 25.0 Å². The number of hydrazine groups is 1. The average Bonchev–Trinajstić information content (AvgIpc) is 2.82. The number of aromatic nitrogens is 2. The van der Waals surface area contributed by atoms with Crippen LogP contribution >= 0.6 is 0 Å². The van der Waals surface area contributed by atoms with Gasteiger partial charge in [-0.25, -0.2) is 4.98 Å². The van der Waals surface area contributed by atoms with Gasteiger partial charge in [0.15, 0.2) is 0 Å². The first kappa shape index (κ1) is 24.0. The highest BCUT2D eigenvalue weighted by Gasteiger charge is 2.44. The van der Waals surface area contributed by atoms with Gasteiger partial charge in [0.05, 0.1) is 16.9 Å². The summed E-state index contributed by atoms with van der Waals surface area (Å²) in [5, 5.41) is 0. The summed E-state index contributed by atoms with van der Waals surface area (Å²) in [5.41, 5.74) is 9.35. The highest BCUT2D eigenvalue weighted by Crippen LogP contribution is 2.49. The summed E-state index contributed by atoms with van der Waals surface area (Å²) in [6.45, 7) is 6.71. The number of hydrogen-bond donors (Lipinski definition) is 2. The Labute approximate surface area is 207 Å². The number of hydrogen-bond acceptors (Lipinski definition) is 5. The molecule has 1 amide bonds. The number of nitrogens with one attached hydrogen (secondary N) is 2. The minimum Gasteiger partial charge on any atom is -0.375 e. The third-order valence-corrected chi connectivity index (χ3v) is 8.08. The number of amides is 1. The van der Waals surface area contributed by atoms with Crippen LogP contribution in [0.5, 0.6) is 0 Å². The van der Waals surface area contributed by atoms with Crippen molar-refractivity contribution in [2.24, 2.45) is 0 Å². The number of benzene rings is 1. The molecule has 188 valence electrons. The topological polar surface area (TPSA) is 85.3 Å². The van der Waals surface area contributed by atoms with Crippen LogP contribution in [0.15, 0.2) is 29.1 Å². The minimum atomic E-state index is -0.323. The van der Waals surface area contributed by atoms with E-state index in [9.17, 15) is 9.59 Å². The standard InChI is InChI=1S/C28H38N4O3/c1-4-10-22(33)30-31-26-29-24-21-12-7-6-11-19(21)17-28(14-8-5-9-15-28)23(24)25(34)32(26)20-13-16-35-27(2,3)18-20/h6-7,11-12,20H,4-5,8-10,13-18H2,1-3H3,(H,29,31)(H,30,33). The van der Waals surface area contributed by atoms with Crippen molar-refractivity contribution in [2.45, 2.75) is 102 Å². The van der Waals surface area contributed by atoms with Gasteiger partial charge in [0.1, 0.15) is 0 Å². The number of carbonyl (C=O) groups is 1. The molecule has 0 radical (unpaired) electrons. The van der Waals surface area contributed by atoms with Crippen LogP contribution in [0.2, 0.25) is 0 Å². The van der Waals surface area contributed by atoms with Crippen LogP contribution in [0, 0.1) is 0 Å². The van der Waals surface area contributed by atoms with Crippen molar-refractivity contribution < 1.29 is 9.53 Å². The molecule has 3 aliphatic rings. The van der Waals surface area contributed by atoms with E-state index in [1.807, 2.05) is 17.6 Å². The summed E-state index contributed by atoms with van der Waals surface area (Å²) in [6, 6.07) is 8.31. The van der Waals surface area contributed by atoms with Gasteiger partial charge >= 0.3 is 0 Å². The molecule has 1 saturated heterocycles. The van der Waals surface area contributed by atoms with Gasteiger partial charge < -0.3 is 4.74 Å². The molecule has 2 heterocycles. The number of anilines is 1. The lowest BCUT2D eigenvalue weighted by Crippen LogP contribution is -2.46. The molecule has 1 aromatic carbocycles. The van der Waals surface area contributed by atoms with Gasteiger partial charge in [-0.15, -0.1) is 0 Å². The molecule has 2 aromatic rings. The van der Waals surface area contributed by atoms with E-state index >= 15 is 0 Å². The van der Waals surface area contributed by atoms with Crippen LogP contribution < -0.4 is 16.4 Å². The molecule has 1 unspecified atom stereocenters. The Hall–Kier alpha value is -2.67. The van der Waals surface area contributed by atoms with Crippen LogP contribution in [-0.4, -0.2) is 27.7 Å². The molecule has 35 heavy (non-hydrogen) atoms. The van der Waals surface area contributed by atoms with Gasteiger partial charge in [0, 0.05) is 30.0 Å². The second kappa shape index (κ2) is 9.41. The van der Waals surface area contributed by atoms with E-state index in [-0.39, 0.29) is 28.5 Å². The van der Waals surface area contributed by atoms with E-state index in [2.05, 4.69) is 42.9 Å². The van der Waals surface area contributed by atoms with Crippen molar-refractivity contribution in [2.75, 3.05) is 12.0 Å². The Balaban J connectivity index is 1.70. The zero-order chi connectivity index (χ0) is 24.6. The van der Waals surface area contributed by atoms with E-state index in [0.29, 0.717) is 25.4 Å². The van der Waals surface area contributed by atoms with Gasteiger partial charge in [0.25, 0.3) is 5.56 Å². The zero-order valence-electron chi connectivity index (χ0n) is 21.3. The molecule has 1 spiro atoms. The quantitative estimate of drug-likeness (QED) is 0.588. The molecule has 0 bridgehead atoms. The normalized spacial score (nSPS) is 22.2. The summed E-state index contributed by atoms with van der Waals surface area (Å²) < 4.78 is 7.80. The Kier molecular flexibility index (Phi) is 6.47. The van der Waals surface area contributed by atoms with E-state index in [1.54, 1.807) is 0 Å². The lowest BCUT2D eigenvalue weighted by molar-refractivity contribution is -0.120. The fraction of sp³-hybridized carbons (Fsp3) is 0.607. The van der Waals surface area contributed by atoms with Crippen LogP contribution in [-0.2, 0) is 21.4 Å². The van der Waals surface area contributed by atoms with Gasteiger partial charge in [0.2, 0.25) is 11.9 Å². The van der Waals surface area contributed by atoms with E-state index in [4.69, 9.17) is 9.72 Å². The second-order valence-corrected chi connectivity index (χ2v) is 11.2. The largest absolute Gasteiger partial charge is 0.375 e. The Morgan fingerprint density at radius 2 is 1.97 bits per heavy atom. The summed E-state index contributed by atoms with van der Waals surface area (Å²) in [6.07, 6.45) is 9.05. The highest BCUT2D eigenvalue weighted by atomic mass is 16.5. The fourth-order valence-corrected chi connectivity index (χ4v) is 6.48. The van der Waals surface area contributed by atoms with Crippen molar-refractivity contribution in [3.63, 3.8) is 0 Å². The molecule has 1 atom stereocenters. The predicted molar refractivity (Wildman–Crippen MR) is 137 cm³/mol. The maximum Gasteiger partial charge on any atom is 0.259 e. The van der Waals surface area contributed by atoms with Gasteiger partial charge in [-0.05, 0) is 57.9 Å². The maximum atomic E-state index is 14.5. The third kappa shape index (κ3) is 4.51. The SMILES string of the molecule is CCCC(=O)NNc1nc2c(c(=O)n1C1CCOC(C)(C)C1)C1(CCCCC1)Cc1ccccc1-2. The van der Waals surface area contributed by atoms with Crippen molar-refractivity contribution in [1.29, 1.82) is 0 Å². The van der Waals surface area contributed by atoms with Crippen LogP contribution in [0.4, 0.5) is 5.95 Å². The summed E-state index contributed by atoms with van der Waals surface area (Å²) in [7, 11) is 0. The lowest BCUT2D eigenvalue weighted by Gasteiger charge is -2.43. The molecule has 2 N–H and O–H groups in total. The third-order valence-electron chi connectivity index (χ3n) is 8.08. The molecule has 2 aliphatic carbocycles. The Morgan fingerprint density at radius 1 is 1.20 bits per heavy atom. The number of nitrogens with zero attached hydrogens (tertiary/aromatic N) is 2. The van der Waals surface area contributed by atoms with Crippen molar-refractivity contribution in [1.82, 2.24) is 15.0 Å². The monoisotopic (exact) mass is 478 g/mol. The van der Waals surface area contributed by atoms with E-state index < -0.39 is 0 Å². The first-order valence-electron chi connectivity index (χ1n) is 13.3. The smallest absolute Gasteiger partial charge is 0.259 e. The van der Waals surface area contributed by atoms with Crippen molar-refractivity contribution in [3.05, 3.63) is 45.7 Å².